The van der Waals surface area contributed by atoms with Crippen LogP contribution in [0.3, 0.4) is 0 Å². The maximum Gasteiger partial charge on any atom is 0.325 e. The van der Waals surface area contributed by atoms with Gasteiger partial charge in [-0.1, -0.05) is 38.0 Å². The van der Waals surface area contributed by atoms with Crippen LogP contribution in [0, 0.1) is 5.92 Å². The highest BCUT2D eigenvalue weighted by atomic mass is 16.5. The first kappa shape index (κ1) is 22.6. The molecule has 3 fully saturated rings. The van der Waals surface area contributed by atoms with E-state index >= 15 is 0 Å². The second-order valence-electron chi connectivity index (χ2n) is 9.24. The number of ether oxygens (including phenoxy) is 1. The van der Waals surface area contributed by atoms with Gasteiger partial charge in [0.25, 0.3) is 5.91 Å². The average molecular weight is 443 g/mol. The molecule has 2 N–H and O–H groups in total. The van der Waals surface area contributed by atoms with Crippen molar-refractivity contribution >= 4 is 17.8 Å². The third-order valence-corrected chi connectivity index (χ3v) is 7.38. The highest BCUT2D eigenvalue weighted by Gasteiger charge is 2.55. The molecule has 1 aromatic carbocycles. The topological polar surface area (TPSA) is 91.0 Å². The molecular formula is C24H34N4O4. The van der Waals surface area contributed by atoms with Crippen LogP contribution in [0.4, 0.5) is 4.79 Å². The first-order valence-electron chi connectivity index (χ1n) is 11.7. The molecule has 0 radical (unpaired) electrons. The number of para-hydroxylation sites is 1. The number of benzene rings is 1. The van der Waals surface area contributed by atoms with Crippen LogP contribution < -0.4 is 15.4 Å². The van der Waals surface area contributed by atoms with E-state index in [1.165, 1.54) is 0 Å². The van der Waals surface area contributed by atoms with Crippen molar-refractivity contribution in [2.45, 2.75) is 57.0 Å². The zero-order chi connectivity index (χ0) is 22.7. The molecule has 2 saturated heterocycles. The summed E-state index contributed by atoms with van der Waals surface area (Å²) in [5, 5.41) is 5.88. The van der Waals surface area contributed by atoms with Gasteiger partial charge in [-0.3, -0.25) is 19.4 Å². The molecule has 2 aliphatic heterocycles. The zero-order valence-corrected chi connectivity index (χ0v) is 19.1. The standard InChI is InChI=1S/C24H34N4O4/c1-17-9-5-6-12-24(17)22(30)28(23(31)26-24)16-21(29)25-15-19(27-13-7-8-14-27)18-10-3-4-11-20(18)32-2/h3-4,10-11,17,19H,5-9,12-16H2,1-2H3,(H,25,29)(H,26,31). The van der Waals surface area contributed by atoms with Gasteiger partial charge in [-0.25, -0.2) is 4.79 Å². The van der Waals surface area contributed by atoms with E-state index in [1.54, 1.807) is 7.11 Å². The van der Waals surface area contributed by atoms with Gasteiger partial charge >= 0.3 is 6.03 Å². The number of hydrogen-bond acceptors (Lipinski definition) is 5. The van der Waals surface area contributed by atoms with E-state index < -0.39 is 11.6 Å². The molecular weight excluding hydrogens is 408 g/mol. The van der Waals surface area contributed by atoms with Gasteiger partial charge in [0.05, 0.1) is 13.2 Å². The maximum atomic E-state index is 13.1. The molecule has 3 aliphatic rings. The van der Waals surface area contributed by atoms with E-state index in [2.05, 4.69) is 15.5 Å². The van der Waals surface area contributed by atoms with Crippen LogP contribution >= 0.6 is 0 Å². The number of nitrogens with zero attached hydrogens (tertiary/aromatic N) is 2. The summed E-state index contributed by atoms with van der Waals surface area (Å²) in [6.07, 6.45) is 5.77. The van der Waals surface area contributed by atoms with E-state index in [-0.39, 0.29) is 30.3 Å². The average Bonchev–Trinajstić information content (AvgIpc) is 3.40. The van der Waals surface area contributed by atoms with Gasteiger partial charge in [0, 0.05) is 12.1 Å². The van der Waals surface area contributed by atoms with E-state index in [0.717, 1.165) is 61.4 Å². The van der Waals surface area contributed by atoms with Crippen molar-refractivity contribution in [1.29, 1.82) is 0 Å². The molecule has 0 aromatic heterocycles. The Bertz CT molecular complexity index is 869. The normalized spacial score (nSPS) is 26.9. The number of hydrogen-bond donors (Lipinski definition) is 2. The Labute approximate surface area is 189 Å². The van der Waals surface area contributed by atoms with E-state index in [4.69, 9.17) is 4.74 Å². The molecule has 174 valence electrons. The van der Waals surface area contributed by atoms with Crippen LogP contribution in [0.15, 0.2) is 24.3 Å². The number of carbonyl (C=O) groups excluding carboxylic acids is 3. The Morgan fingerprint density at radius 1 is 1.22 bits per heavy atom. The second-order valence-corrected chi connectivity index (χ2v) is 9.24. The lowest BCUT2D eigenvalue weighted by Crippen LogP contribution is -2.54. The molecule has 3 unspecified atom stereocenters. The molecule has 3 atom stereocenters. The highest BCUT2D eigenvalue weighted by molar-refractivity contribution is 6.09. The quantitative estimate of drug-likeness (QED) is 0.633. The van der Waals surface area contributed by atoms with Gasteiger partial charge in [0.15, 0.2) is 0 Å². The first-order valence-corrected chi connectivity index (χ1v) is 11.7. The van der Waals surface area contributed by atoms with Crippen molar-refractivity contribution in [1.82, 2.24) is 20.4 Å². The Kier molecular flexibility index (Phi) is 6.69. The van der Waals surface area contributed by atoms with Crippen molar-refractivity contribution in [2.75, 3.05) is 33.3 Å². The Morgan fingerprint density at radius 3 is 2.69 bits per heavy atom. The van der Waals surface area contributed by atoms with Crippen molar-refractivity contribution in [2.24, 2.45) is 5.92 Å². The molecule has 1 aromatic rings. The number of carbonyl (C=O) groups is 3. The fourth-order valence-corrected chi connectivity index (χ4v) is 5.48. The van der Waals surface area contributed by atoms with E-state index in [0.29, 0.717) is 13.0 Å². The number of methoxy groups -OCH3 is 1. The predicted octanol–water partition coefficient (Wildman–Crippen LogP) is 2.45. The summed E-state index contributed by atoms with van der Waals surface area (Å²) < 4.78 is 5.56. The fourth-order valence-electron chi connectivity index (χ4n) is 5.48. The molecule has 0 bridgehead atoms. The summed E-state index contributed by atoms with van der Waals surface area (Å²) in [5.74, 6) is 0.283. The Hall–Kier alpha value is -2.61. The van der Waals surface area contributed by atoms with Crippen molar-refractivity contribution in [3.63, 3.8) is 0 Å². The summed E-state index contributed by atoms with van der Waals surface area (Å²) in [6.45, 7) is 4.08. The Balaban J connectivity index is 1.42. The molecule has 4 rings (SSSR count). The van der Waals surface area contributed by atoms with Gasteiger partial charge in [0.1, 0.15) is 17.8 Å². The predicted molar refractivity (Wildman–Crippen MR) is 120 cm³/mol. The number of nitrogens with one attached hydrogen (secondary N) is 2. The molecule has 4 amide bonds. The zero-order valence-electron chi connectivity index (χ0n) is 19.1. The summed E-state index contributed by atoms with van der Waals surface area (Å²) in [6, 6.07) is 7.38. The number of urea groups is 1. The lowest BCUT2D eigenvalue weighted by Gasteiger charge is -2.36. The molecule has 1 aliphatic carbocycles. The second kappa shape index (κ2) is 9.48. The van der Waals surface area contributed by atoms with Crippen LogP contribution in [0.1, 0.15) is 57.1 Å². The molecule has 8 nitrogen and oxygen atoms in total. The van der Waals surface area contributed by atoms with Gasteiger partial charge in [-0.15, -0.1) is 0 Å². The molecule has 1 spiro atoms. The summed E-state index contributed by atoms with van der Waals surface area (Å²) >= 11 is 0. The van der Waals surface area contributed by atoms with Crippen molar-refractivity contribution in [3.8, 4) is 5.75 Å². The van der Waals surface area contributed by atoms with Crippen LogP contribution in [0.5, 0.6) is 5.75 Å². The van der Waals surface area contributed by atoms with Gasteiger partial charge in [-0.05, 0) is 50.8 Å². The third kappa shape index (κ3) is 4.20. The van der Waals surface area contributed by atoms with E-state index in [9.17, 15) is 14.4 Å². The Morgan fingerprint density at radius 2 is 1.97 bits per heavy atom. The lowest BCUT2D eigenvalue weighted by atomic mass is 9.73. The van der Waals surface area contributed by atoms with Gasteiger partial charge in [0.2, 0.25) is 5.91 Å². The van der Waals surface area contributed by atoms with Crippen molar-refractivity contribution < 1.29 is 19.1 Å². The largest absolute Gasteiger partial charge is 0.496 e. The van der Waals surface area contributed by atoms with Crippen LogP contribution in [0.25, 0.3) is 0 Å². The third-order valence-electron chi connectivity index (χ3n) is 7.38. The minimum absolute atomic E-state index is 0.0228. The summed E-state index contributed by atoms with van der Waals surface area (Å²) in [5.41, 5.74) is 0.188. The van der Waals surface area contributed by atoms with Crippen LogP contribution in [0.2, 0.25) is 0 Å². The molecule has 1 saturated carbocycles. The number of rotatable bonds is 7. The van der Waals surface area contributed by atoms with E-state index in [1.807, 2.05) is 31.2 Å². The molecule has 32 heavy (non-hydrogen) atoms. The SMILES string of the molecule is COc1ccccc1C(CNC(=O)CN1C(=O)NC2(CCCCC2C)C1=O)N1CCCC1. The molecule has 8 heteroatoms. The lowest BCUT2D eigenvalue weighted by molar-refractivity contribution is -0.137. The fraction of sp³-hybridized carbons (Fsp3) is 0.625. The van der Waals surface area contributed by atoms with Gasteiger partial charge in [-0.2, -0.15) is 0 Å². The van der Waals surface area contributed by atoms with Gasteiger partial charge < -0.3 is 15.4 Å². The number of likely N-dealkylation sites (tertiary alicyclic amines) is 1. The minimum Gasteiger partial charge on any atom is -0.496 e. The summed E-state index contributed by atoms with van der Waals surface area (Å²) in [7, 11) is 1.65. The van der Waals surface area contributed by atoms with Crippen LogP contribution in [-0.4, -0.2) is 66.5 Å². The monoisotopic (exact) mass is 442 g/mol. The summed E-state index contributed by atoms with van der Waals surface area (Å²) in [4.78, 5) is 42.0. The molecule has 2 heterocycles. The first-order chi connectivity index (χ1) is 15.5. The highest BCUT2D eigenvalue weighted by Crippen LogP contribution is 2.38. The minimum atomic E-state index is -0.842. The van der Waals surface area contributed by atoms with Crippen LogP contribution in [-0.2, 0) is 9.59 Å². The number of imide groups is 1. The maximum absolute atomic E-state index is 13.1. The smallest absolute Gasteiger partial charge is 0.325 e. The van der Waals surface area contributed by atoms with Crippen molar-refractivity contribution in [3.05, 3.63) is 29.8 Å². The number of amides is 4.